The van der Waals surface area contributed by atoms with Gasteiger partial charge in [0.25, 0.3) is 0 Å². The SMILES string of the molecule is CCN1CCCC(Oc2cccc3c(-c4nc5ccc(N6CCN(C)CC6)cc5[nH]4)n[nH]c23)C1. The minimum Gasteiger partial charge on any atom is -0.487 e. The van der Waals surface area contributed by atoms with Gasteiger partial charge in [0.05, 0.1) is 11.0 Å². The summed E-state index contributed by atoms with van der Waals surface area (Å²) in [7, 11) is 2.18. The summed E-state index contributed by atoms with van der Waals surface area (Å²) in [6, 6.07) is 12.7. The van der Waals surface area contributed by atoms with Crippen LogP contribution in [0.15, 0.2) is 36.4 Å². The Balaban J connectivity index is 1.28. The first-order valence-corrected chi connectivity index (χ1v) is 12.5. The summed E-state index contributed by atoms with van der Waals surface area (Å²) >= 11 is 0. The predicted molar refractivity (Wildman–Crippen MR) is 137 cm³/mol. The maximum atomic E-state index is 6.45. The number of imidazole rings is 1. The molecule has 8 nitrogen and oxygen atoms in total. The molecular weight excluding hydrogens is 426 g/mol. The van der Waals surface area contributed by atoms with Gasteiger partial charge in [-0.3, -0.25) is 10.00 Å². The molecule has 8 heteroatoms. The van der Waals surface area contributed by atoms with Crippen molar-refractivity contribution in [1.29, 1.82) is 0 Å². The molecule has 2 aromatic carbocycles. The number of ether oxygens (including phenoxy) is 1. The van der Waals surface area contributed by atoms with E-state index in [0.717, 1.165) is 91.4 Å². The molecule has 2 fully saturated rings. The molecule has 2 N–H and O–H groups in total. The number of likely N-dealkylation sites (tertiary alicyclic amines) is 1. The number of anilines is 1. The van der Waals surface area contributed by atoms with Crippen molar-refractivity contribution in [3.63, 3.8) is 0 Å². The molecule has 0 saturated carbocycles. The van der Waals surface area contributed by atoms with E-state index in [0.29, 0.717) is 0 Å². The number of H-pyrrole nitrogens is 2. The Hall–Kier alpha value is -3.10. The van der Waals surface area contributed by atoms with Gasteiger partial charge in [0, 0.05) is 43.8 Å². The van der Waals surface area contributed by atoms with Crippen LogP contribution in [-0.4, -0.2) is 88.9 Å². The Morgan fingerprint density at radius 1 is 1.09 bits per heavy atom. The van der Waals surface area contributed by atoms with Gasteiger partial charge in [-0.2, -0.15) is 5.10 Å². The minimum absolute atomic E-state index is 0.213. The van der Waals surface area contributed by atoms with Crippen LogP contribution in [0.25, 0.3) is 33.5 Å². The molecule has 0 amide bonds. The van der Waals surface area contributed by atoms with E-state index in [1.165, 1.54) is 12.1 Å². The zero-order valence-corrected chi connectivity index (χ0v) is 20.0. The smallest absolute Gasteiger partial charge is 0.159 e. The lowest BCUT2D eigenvalue weighted by Gasteiger charge is -2.34. The molecule has 4 aromatic rings. The van der Waals surface area contributed by atoms with E-state index in [1.54, 1.807) is 0 Å². The van der Waals surface area contributed by atoms with E-state index >= 15 is 0 Å². The lowest BCUT2D eigenvalue weighted by molar-refractivity contribution is 0.0930. The Bertz CT molecular complexity index is 1290. The summed E-state index contributed by atoms with van der Waals surface area (Å²) in [5.41, 5.74) is 5.00. The highest BCUT2D eigenvalue weighted by Gasteiger charge is 2.22. The average Bonchev–Trinajstić information content (AvgIpc) is 3.49. The zero-order chi connectivity index (χ0) is 23.1. The van der Waals surface area contributed by atoms with Crippen LogP contribution in [0.2, 0.25) is 0 Å². The number of nitrogens with zero attached hydrogens (tertiary/aromatic N) is 5. The average molecular weight is 460 g/mol. The second-order valence-corrected chi connectivity index (χ2v) is 9.60. The van der Waals surface area contributed by atoms with Gasteiger partial charge in [-0.25, -0.2) is 4.98 Å². The summed E-state index contributed by atoms with van der Waals surface area (Å²) in [6.45, 7) is 9.71. The molecule has 6 rings (SSSR count). The second-order valence-electron chi connectivity index (χ2n) is 9.60. The zero-order valence-electron chi connectivity index (χ0n) is 20.0. The number of rotatable bonds is 5. The molecule has 2 aliphatic heterocycles. The molecule has 1 unspecified atom stereocenters. The highest BCUT2D eigenvalue weighted by atomic mass is 16.5. The van der Waals surface area contributed by atoms with Crippen molar-refractivity contribution in [2.24, 2.45) is 0 Å². The summed E-state index contributed by atoms with van der Waals surface area (Å²) in [4.78, 5) is 15.6. The quantitative estimate of drug-likeness (QED) is 0.474. The summed E-state index contributed by atoms with van der Waals surface area (Å²) in [6.07, 6.45) is 2.48. The Morgan fingerprint density at radius 2 is 1.97 bits per heavy atom. The fraction of sp³-hybridized carbons (Fsp3) is 0.462. The van der Waals surface area contributed by atoms with Gasteiger partial charge < -0.3 is 19.5 Å². The number of para-hydroxylation sites is 1. The fourth-order valence-electron chi connectivity index (χ4n) is 5.24. The monoisotopic (exact) mass is 459 g/mol. The number of hydrogen-bond donors (Lipinski definition) is 2. The number of benzene rings is 2. The van der Waals surface area contributed by atoms with Crippen LogP contribution in [0.4, 0.5) is 5.69 Å². The maximum Gasteiger partial charge on any atom is 0.159 e. The third kappa shape index (κ3) is 4.01. The van der Waals surface area contributed by atoms with Crippen LogP contribution in [0.5, 0.6) is 5.75 Å². The molecule has 0 radical (unpaired) electrons. The number of aromatic nitrogens is 4. The highest BCUT2D eigenvalue weighted by molar-refractivity contribution is 5.96. The number of nitrogens with one attached hydrogen (secondary N) is 2. The molecule has 1 atom stereocenters. The van der Waals surface area contributed by atoms with Crippen molar-refractivity contribution in [3.8, 4) is 17.3 Å². The lowest BCUT2D eigenvalue weighted by atomic mass is 10.1. The lowest BCUT2D eigenvalue weighted by Crippen LogP contribution is -2.44. The standard InChI is InChI=1S/C26H33N7O/c1-3-32-11-5-6-19(17-32)34-23-8-4-7-20-24(23)29-30-25(20)26-27-21-10-9-18(16-22(21)28-26)33-14-12-31(2)13-15-33/h4,7-10,16,19H,3,5-6,11-15,17H2,1-2H3,(H,27,28)(H,29,30). The third-order valence-corrected chi connectivity index (χ3v) is 7.32. The first-order chi connectivity index (χ1) is 16.7. The molecule has 0 bridgehead atoms. The van der Waals surface area contributed by atoms with Gasteiger partial charge in [0.2, 0.25) is 0 Å². The maximum absolute atomic E-state index is 6.45. The molecule has 2 saturated heterocycles. The Labute approximate surface area is 199 Å². The Kier molecular flexibility index (Phi) is 5.63. The number of likely N-dealkylation sites (N-methyl/N-ethyl adjacent to an activating group) is 2. The molecular formula is C26H33N7O. The van der Waals surface area contributed by atoms with E-state index in [9.17, 15) is 0 Å². The molecule has 2 aromatic heterocycles. The summed E-state index contributed by atoms with van der Waals surface area (Å²) in [5.74, 6) is 1.65. The van der Waals surface area contributed by atoms with Gasteiger partial charge in [-0.15, -0.1) is 0 Å². The number of hydrogen-bond acceptors (Lipinski definition) is 6. The van der Waals surface area contributed by atoms with Crippen LogP contribution in [-0.2, 0) is 0 Å². The van der Waals surface area contributed by atoms with Crippen molar-refractivity contribution in [3.05, 3.63) is 36.4 Å². The molecule has 178 valence electrons. The summed E-state index contributed by atoms with van der Waals surface area (Å²) in [5, 5.41) is 8.89. The fourth-order valence-corrected chi connectivity index (χ4v) is 5.24. The normalized spacial score (nSPS) is 20.4. The van der Waals surface area contributed by atoms with E-state index in [-0.39, 0.29) is 6.10 Å². The minimum atomic E-state index is 0.213. The van der Waals surface area contributed by atoms with E-state index in [4.69, 9.17) is 9.72 Å². The largest absolute Gasteiger partial charge is 0.487 e. The van der Waals surface area contributed by atoms with Crippen LogP contribution in [0, 0.1) is 0 Å². The number of piperidine rings is 1. The molecule has 4 heterocycles. The third-order valence-electron chi connectivity index (χ3n) is 7.32. The van der Waals surface area contributed by atoms with Gasteiger partial charge in [-0.05, 0) is 57.2 Å². The van der Waals surface area contributed by atoms with Crippen LogP contribution in [0.3, 0.4) is 0 Å². The molecule has 2 aliphatic rings. The molecule has 0 spiro atoms. The number of aromatic amines is 2. The van der Waals surface area contributed by atoms with E-state index < -0.39 is 0 Å². The van der Waals surface area contributed by atoms with Crippen molar-refractivity contribution in [2.45, 2.75) is 25.9 Å². The van der Waals surface area contributed by atoms with Crippen molar-refractivity contribution < 1.29 is 4.74 Å². The first kappa shape index (κ1) is 21.4. The first-order valence-electron chi connectivity index (χ1n) is 12.5. The van der Waals surface area contributed by atoms with E-state index in [2.05, 4.69) is 68.1 Å². The van der Waals surface area contributed by atoms with Crippen LogP contribution < -0.4 is 9.64 Å². The van der Waals surface area contributed by atoms with Crippen LogP contribution in [0.1, 0.15) is 19.8 Å². The van der Waals surface area contributed by atoms with Gasteiger partial charge >= 0.3 is 0 Å². The second kappa shape index (κ2) is 8.92. The Morgan fingerprint density at radius 3 is 2.82 bits per heavy atom. The summed E-state index contributed by atoms with van der Waals surface area (Å²) < 4.78 is 6.45. The van der Waals surface area contributed by atoms with Crippen molar-refractivity contribution in [2.75, 3.05) is 57.8 Å². The van der Waals surface area contributed by atoms with Crippen molar-refractivity contribution >= 4 is 27.6 Å². The van der Waals surface area contributed by atoms with Gasteiger partial charge in [-0.1, -0.05) is 19.1 Å². The topological polar surface area (TPSA) is 76.3 Å². The number of piperazine rings is 1. The van der Waals surface area contributed by atoms with E-state index in [1.807, 2.05) is 12.1 Å². The van der Waals surface area contributed by atoms with Gasteiger partial charge in [0.1, 0.15) is 23.1 Å². The highest BCUT2D eigenvalue weighted by Crippen LogP contribution is 2.33. The predicted octanol–water partition coefficient (Wildman–Crippen LogP) is 3.72. The molecule has 0 aliphatic carbocycles. The molecule has 34 heavy (non-hydrogen) atoms. The van der Waals surface area contributed by atoms with Crippen molar-refractivity contribution in [1.82, 2.24) is 30.0 Å². The number of fused-ring (bicyclic) bond motifs is 2. The van der Waals surface area contributed by atoms with Crippen LogP contribution >= 0.6 is 0 Å². The van der Waals surface area contributed by atoms with Gasteiger partial charge in [0.15, 0.2) is 5.82 Å².